The minimum atomic E-state index is -4.45. The number of nitrogens with one attached hydrogen (secondary N) is 2. The number of rotatable bonds is 3. The fourth-order valence-corrected chi connectivity index (χ4v) is 5.83. The van der Waals surface area contributed by atoms with Crippen molar-refractivity contribution in [1.82, 2.24) is 25.3 Å². The summed E-state index contributed by atoms with van der Waals surface area (Å²) in [5, 5.41) is 10.7. The smallest absolute Gasteiger partial charge is 0.416 e. The van der Waals surface area contributed by atoms with Gasteiger partial charge in [-0.25, -0.2) is 4.79 Å². The number of nitrogens with zero attached hydrogens (tertiary/aromatic N) is 3. The summed E-state index contributed by atoms with van der Waals surface area (Å²) in [6.07, 6.45) is -2.95. The largest absolute Gasteiger partial charge is 0.493 e. The maximum absolute atomic E-state index is 13.7. The number of aromatic amines is 1. The molecule has 10 heteroatoms. The number of likely N-dealkylation sites (N-methyl/N-ethyl adjacent to an activating group) is 1. The van der Waals surface area contributed by atoms with E-state index in [1.807, 2.05) is 24.1 Å². The van der Waals surface area contributed by atoms with Gasteiger partial charge in [-0.2, -0.15) is 18.3 Å². The second-order valence-corrected chi connectivity index (χ2v) is 10.1. The summed E-state index contributed by atoms with van der Waals surface area (Å²) in [6.45, 7) is 2.49. The first-order chi connectivity index (χ1) is 17.8. The second-order valence-electron chi connectivity index (χ2n) is 10.1. The number of aromatic nitrogens is 2. The van der Waals surface area contributed by atoms with E-state index in [1.165, 1.54) is 12.1 Å². The number of fused-ring (bicyclic) bond motifs is 2. The Morgan fingerprint density at radius 3 is 2.84 bits per heavy atom. The molecule has 3 aliphatic heterocycles. The van der Waals surface area contributed by atoms with Crippen molar-refractivity contribution in [3.05, 3.63) is 70.4 Å². The van der Waals surface area contributed by atoms with Crippen LogP contribution in [0, 0.1) is 0 Å². The van der Waals surface area contributed by atoms with Crippen molar-refractivity contribution >= 4 is 6.03 Å². The molecule has 2 amide bonds. The lowest BCUT2D eigenvalue weighted by Gasteiger charge is -2.30. The van der Waals surface area contributed by atoms with E-state index in [0.717, 1.165) is 46.3 Å². The summed E-state index contributed by atoms with van der Waals surface area (Å²) in [5.74, 6) is 0.447. The van der Waals surface area contributed by atoms with Gasteiger partial charge >= 0.3 is 12.2 Å². The number of carbonyl (C=O) groups is 1. The van der Waals surface area contributed by atoms with Crippen molar-refractivity contribution < 1.29 is 22.7 Å². The Balaban J connectivity index is 1.21. The van der Waals surface area contributed by atoms with Crippen molar-refractivity contribution in [1.29, 1.82) is 0 Å². The van der Waals surface area contributed by atoms with Crippen LogP contribution in [0.15, 0.2) is 42.5 Å². The molecule has 0 unspecified atom stereocenters. The number of likely N-dealkylation sites (tertiary alicyclic amines) is 1. The minimum absolute atomic E-state index is 0.225. The third-order valence-corrected chi connectivity index (χ3v) is 7.66. The van der Waals surface area contributed by atoms with Crippen LogP contribution < -0.4 is 10.1 Å². The van der Waals surface area contributed by atoms with Gasteiger partial charge in [0.25, 0.3) is 0 Å². The first kappa shape index (κ1) is 23.8. The topological polar surface area (TPSA) is 73.5 Å². The molecule has 3 aliphatic rings. The predicted octanol–water partition coefficient (Wildman–Crippen LogP) is 4.20. The van der Waals surface area contributed by atoms with Crippen LogP contribution in [0.1, 0.15) is 33.9 Å². The zero-order valence-corrected chi connectivity index (χ0v) is 20.4. The van der Waals surface area contributed by atoms with Gasteiger partial charge in [-0.15, -0.1) is 0 Å². The molecule has 2 N–H and O–H groups in total. The monoisotopic (exact) mass is 511 g/mol. The third-order valence-electron chi connectivity index (χ3n) is 7.66. The van der Waals surface area contributed by atoms with Crippen LogP contribution in [0.3, 0.4) is 0 Å². The van der Waals surface area contributed by atoms with Gasteiger partial charge in [0.2, 0.25) is 0 Å². The average Bonchev–Trinajstić information content (AvgIpc) is 3.60. The molecule has 0 aliphatic carbocycles. The molecule has 0 saturated carbocycles. The normalized spacial score (nSPS) is 21.5. The maximum atomic E-state index is 13.7. The summed E-state index contributed by atoms with van der Waals surface area (Å²) >= 11 is 0. The number of urea groups is 1. The summed E-state index contributed by atoms with van der Waals surface area (Å²) in [4.78, 5) is 17.1. The Hall–Kier alpha value is -3.53. The number of carbonyl (C=O) groups excluding carboxylic acids is 1. The zero-order valence-electron chi connectivity index (χ0n) is 20.4. The quantitative estimate of drug-likeness (QED) is 0.553. The van der Waals surface area contributed by atoms with Gasteiger partial charge in [-0.05, 0) is 42.4 Å². The molecule has 2 atom stereocenters. The van der Waals surface area contributed by atoms with Crippen LogP contribution in [0.5, 0.6) is 5.75 Å². The van der Waals surface area contributed by atoms with Gasteiger partial charge in [-0.1, -0.05) is 18.2 Å². The summed E-state index contributed by atoms with van der Waals surface area (Å²) < 4.78 is 46.8. The van der Waals surface area contributed by atoms with Crippen molar-refractivity contribution in [3.63, 3.8) is 0 Å². The van der Waals surface area contributed by atoms with E-state index >= 15 is 0 Å². The lowest BCUT2D eigenvalue weighted by Crippen LogP contribution is -2.48. The first-order valence-corrected chi connectivity index (χ1v) is 12.5. The number of amides is 2. The van der Waals surface area contributed by atoms with E-state index in [0.29, 0.717) is 39.2 Å². The highest BCUT2D eigenvalue weighted by Crippen LogP contribution is 2.38. The van der Waals surface area contributed by atoms with E-state index in [4.69, 9.17) is 4.74 Å². The molecule has 0 bridgehead atoms. The van der Waals surface area contributed by atoms with Crippen LogP contribution in [-0.2, 0) is 25.6 Å². The molecule has 194 valence electrons. The lowest BCUT2D eigenvalue weighted by molar-refractivity contribution is -0.138. The highest BCUT2D eigenvalue weighted by Gasteiger charge is 2.41. The highest BCUT2D eigenvalue weighted by atomic mass is 19.4. The second kappa shape index (κ2) is 9.09. The molecular weight excluding hydrogens is 483 g/mol. The molecule has 6 rings (SSSR count). The van der Waals surface area contributed by atoms with Gasteiger partial charge in [-0.3, -0.25) is 5.10 Å². The fraction of sp³-hybridized carbons (Fsp3) is 0.407. The Morgan fingerprint density at radius 2 is 2.00 bits per heavy atom. The van der Waals surface area contributed by atoms with Crippen LogP contribution >= 0.6 is 0 Å². The van der Waals surface area contributed by atoms with E-state index in [1.54, 1.807) is 11.0 Å². The number of benzene rings is 2. The number of H-pyrrole nitrogens is 1. The Morgan fingerprint density at radius 1 is 1.16 bits per heavy atom. The van der Waals surface area contributed by atoms with E-state index in [2.05, 4.69) is 21.6 Å². The van der Waals surface area contributed by atoms with Crippen molar-refractivity contribution in [2.24, 2.45) is 0 Å². The molecule has 2 aromatic carbocycles. The lowest BCUT2D eigenvalue weighted by atomic mass is 9.90. The van der Waals surface area contributed by atoms with Crippen molar-refractivity contribution in [3.8, 4) is 17.0 Å². The van der Waals surface area contributed by atoms with Crippen molar-refractivity contribution in [2.45, 2.75) is 37.5 Å². The van der Waals surface area contributed by atoms with Crippen LogP contribution in [0.4, 0.5) is 18.0 Å². The van der Waals surface area contributed by atoms with Crippen molar-refractivity contribution in [2.75, 3.05) is 33.3 Å². The molecule has 1 saturated heterocycles. The average molecular weight is 512 g/mol. The van der Waals surface area contributed by atoms with Crippen LogP contribution in [-0.4, -0.2) is 65.4 Å². The van der Waals surface area contributed by atoms with E-state index in [9.17, 15) is 18.0 Å². The van der Waals surface area contributed by atoms with Gasteiger partial charge in [0.1, 0.15) is 5.75 Å². The number of hydrogen-bond acceptors (Lipinski definition) is 4. The van der Waals surface area contributed by atoms with E-state index in [-0.39, 0.29) is 11.6 Å². The predicted molar refractivity (Wildman–Crippen MR) is 131 cm³/mol. The summed E-state index contributed by atoms with van der Waals surface area (Å²) in [5.41, 5.74) is 4.51. The van der Waals surface area contributed by atoms with Crippen LogP contribution in [0.25, 0.3) is 11.3 Å². The molecule has 37 heavy (non-hydrogen) atoms. The maximum Gasteiger partial charge on any atom is 0.416 e. The molecule has 1 aromatic heterocycles. The Bertz CT molecular complexity index is 1340. The van der Waals surface area contributed by atoms with Gasteiger partial charge in [0.05, 0.1) is 30.5 Å². The van der Waals surface area contributed by atoms with E-state index < -0.39 is 23.7 Å². The van der Waals surface area contributed by atoms with Gasteiger partial charge < -0.3 is 19.9 Å². The molecule has 4 heterocycles. The third kappa shape index (κ3) is 4.43. The fourth-order valence-electron chi connectivity index (χ4n) is 5.83. The molecule has 7 nitrogen and oxygen atoms in total. The molecular formula is C27H28F3N5O2. The molecule has 0 spiro atoms. The zero-order chi connectivity index (χ0) is 25.7. The molecule has 0 radical (unpaired) electrons. The van der Waals surface area contributed by atoms with Gasteiger partial charge in [0, 0.05) is 55.2 Å². The number of alkyl halides is 3. The summed E-state index contributed by atoms with van der Waals surface area (Å²) in [6, 6.07) is 11.0. The SMILES string of the molecule is CN1C[C@@H](NC(=O)N2CCc3[nH]nc(-c4ccc5c(c4)CCO5)c3C2)[C@H](c2ccccc2C(F)(F)F)C1. The summed E-state index contributed by atoms with van der Waals surface area (Å²) in [7, 11) is 1.86. The number of ether oxygens (including phenoxy) is 1. The Labute approximate surface area is 212 Å². The molecule has 3 aromatic rings. The number of hydrogen-bond donors (Lipinski definition) is 2. The number of halogens is 3. The van der Waals surface area contributed by atoms with Gasteiger partial charge in [0.15, 0.2) is 0 Å². The van der Waals surface area contributed by atoms with Crippen LogP contribution in [0.2, 0.25) is 0 Å². The first-order valence-electron chi connectivity index (χ1n) is 12.5. The standard InChI is InChI=1S/C27H28F3N5O2/c1-34-13-19(18-4-2-3-5-21(18)27(28,29)30)23(15-34)31-26(36)35-10-8-22-20(14-35)25(33-32-22)17-6-7-24-16(12-17)9-11-37-24/h2-7,12,19,23H,8-11,13-15H2,1H3,(H,31,36)(H,32,33)/t19-,23+/m0/s1. The highest BCUT2D eigenvalue weighted by molar-refractivity contribution is 5.76. The Kier molecular flexibility index (Phi) is 5.86. The molecule has 1 fully saturated rings. The minimum Gasteiger partial charge on any atom is -0.493 e.